The van der Waals surface area contributed by atoms with Crippen molar-refractivity contribution in [3.8, 4) is 5.75 Å². The van der Waals surface area contributed by atoms with Crippen molar-refractivity contribution in [2.24, 2.45) is 5.73 Å². The van der Waals surface area contributed by atoms with E-state index in [4.69, 9.17) is 20.7 Å². The second-order valence-electron chi connectivity index (χ2n) is 9.15. The smallest absolute Gasteiger partial charge is 0.402 e. The number of hydrogen-bond acceptors (Lipinski definition) is 9. The quantitative estimate of drug-likeness (QED) is 0.145. The molecule has 1 amide bonds. The Morgan fingerprint density at radius 3 is 2.63 bits per heavy atom. The van der Waals surface area contributed by atoms with E-state index in [1.165, 1.54) is 32.0 Å². The zero-order chi connectivity index (χ0) is 27.4. The van der Waals surface area contributed by atoms with Crippen molar-refractivity contribution in [3.05, 3.63) is 42.5 Å². The maximum Gasteiger partial charge on any atom is 0.402 e. The number of rotatable bonds is 17. The first-order chi connectivity index (χ1) is 18.3. The Hall–Kier alpha value is -3.05. The molecule has 2 heterocycles. The maximum atomic E-state index is 12.4. The van der Waals surface area contributed by atoms with Crippen molar-refractivity contribution in [1.29, 1.82) is 0 Å². The van der Waals surface area contributed by atoms with Crippen LogP contribution in [-0.2, 0) is 27.1 Å². The molecular formula is C25H38N7O5P. The molecule has 3 rings (SSSR count). The Morgan fingerprint density at radius 1 is 1.13 bits per heavy atom. The number of ether oxygens (including phenoxy) is 1. The first-order valence-corrected chi connectivity index (χ1v) is 14.7. The summed E-state index contributed by atoms with van der Waals surface area (Å²) in [7, 11) is -4.04. The van der Waals surface area contributed by atoms with E-state index < -0.39 is 20.0 Å². The number of carbonyl (C=O) groups excluding carboxylic acids is 1. The van der Waals surface area contributed by atoms with E-state index in [0.717, 1.165) is 18.4 Å². The average molecular weight is 548 g/mol. The number of fused-ring (bicyclic) bond motifs is 1. The lowest BCUT2D eigenvalue weighted by Gasteiger charge is -2.15. The predicted molar refractivity (Wildman–Crippen MR) is 146 cm³/mol. The molecule has 13 heteroatoms. The van der Waals surface area contributed by atoms with E-state index in [0.29, 0.717) is 30.7 Å². The van der Waals surface area contributed by atoms with Gasteiger partial charge in [0.05, 0.1) is 19.0 Å². The topological polar surface area (TPSA) is 181 Å². The Kier molecular flexibility index (Phi) is 11.5. The molecule has 1 aromatic carbocycles. The fourth-order valence-electron chi connectivity index (χ4n) is 3.88. The van der Waals surface area contributed by atoms with Crippen molar-refractivity contribution in [3.63, 3.8) is 0 Å². The van der Waals surface area contributed by atoms with E-state index in [1.54, 1.807) is 35.2 Å². The van der Waals surface area contributed by atoms with E-state index in [-0.39, 0.29) is 24.1 Å². The molecule has 0 radical (unpaired) electrons. The van der Waals surface area contributed by atoms with E-state index >= 15 is 0 Å². The van der Waals surface area contributed by atoms with Crippen LogP contribution in [0.3, 0.4) is 0 Å². The first kappa shape index (κ1) is 29.5. The van der Waals surface area contributed by atoms with Crippen LogP contribution in [-0.4, -0.2) is 55.9 Å². The van der Waals surface area contributed by atoms with Gasteiger partial charge in [-0.2, -0.15) is 0 Å². The summed E-state index contributed by atoms with van der Waals surface area (Å²) in [6, 6.07) is 5.90. The SMILES string of the molecule is CCCCCCCCNC(=O)C(N)Cc1ccc(OP(=O)(O)COCCn2cnc3c(N)ncnc32)cc1. The average Bonchev–Trinajstić information content (AvgIpc) is 3.31. The molecular weight excluding hydrogens is 509 g/mol. The van der Waals surface area contributed by atoms with Gasteiger partial charge < -0.3 is 35.5 Å². The van der Waals surface area contributed by atoms with Crippen LogP contribution in [0.2, 0.25) is 0 Å². The largest absolute Gasteiger partial charge is 0.423 e. The molecule has 208 valence electrons. The summed E-state index contributed by atoms with van der Waals surface area (Å²) in [6.07, 6.45) is 9.70. The second-order valence-corrected chi connectivity index (χ2v) is 10.9. The second kappa shape index (κ2) is 14.8. The summed E-state index contributed by atoms with van der Waals surface area (Å²) in [5.41, 5.74) is 13.7. The third-order valence-electron chi connectivity index (χ3n) is 5.95. The van der Waals surface area contributed by atoms with Crippen LogP contribution in [0.1, 0.15) is 51.0 Å². The zero-order valence-electron chi connectivity index (χ0n) is 21.8. The molecule has 0 fully saturated rings. The first-order valence-electron chi connectivity index (χ1n) is 12.9. The molecule has 2 unspecified atom stereocenters. The summed E-state index contributed by atoms with van der Waals surface area (Å²) in [5.74, 6) is 0.315. The van der Waals surface area contributed by atoms with Gasteiger partial charge in [-0.15, -0.1) is 0 Å². The van der Waals surface area contributed by atoms with Crippen LogP contribution in [0, 0.1) is 0 Å². The van der Waals surface area contributed by atoms with Gasteiger partial charge in [0.2, 0.25) is 5.91 Å². The van der Waals surface area contributed by atoms with Gasteiger partial charge >= 0.3 is 7.60 Å². The molecule has 0 saturated carbocycles. The Bertz CT molecular complexity index is 1200. The Balaban J connectivity index is 1.36. The summed E-state index contributed by atoms with van der Waals surface area (Å²) < 4.78 is 24.8. The number of carbonyl (C=O) groups is 1. The Morgan fingerprint density at radius 2 is 1.87 bits per heavy atom. The zero-order valence-corrected chi connectivity index (χ0v) is 22.7. The number of nitrogens with one attached hydrogen (secondary N) is 1. The standard InChI is InChI=1S/C25H38N7O5P/c1-2-3-4-5-6-7-12-28-25(33)21(26)15-19-8-10-20(11-9-19)37-38(34,35)18-36-14-13-32-17-31-22-23(27)29-16-30-24(22)32/h8-11,16-17,21H,2-7,12-15,18,26H2,1H3,(H,28,33)(H,34,35)(H2,27,29,30). The highest BCUT2D eigenvalue weighted by molar-refractivity contribution is 7.53. The Labute approximate surface area is 222 Å². The molecule has 0 spiro atoms. The van der Waals surface area contributed by atoms with Gasteiger partial charge in [0.25, 0.3) is 0 Å². The minimum absolute atomic E-state index is 0.140. The minimum Gasteiger partial charge on any atom is -0.423 e. The van der Waals surface area contributed by atoms with Gasteiger partial charge in [-0.25, -0.2) is 19.5 Å². The summed E-state index contributed by atoms with van der Waals surface area (Å²) in [4.78, 5) is 34.6. The lowest BCUT2D eigenvalue weighted by atomic mass is 10.1. The van der Waals surface area contributed by atoms with Crippen molar-refractivity contribution in [2.45, 2.75) is 64.5 Å². The number of hydrogen-bond donors (Lipinski definition) is 4. The van der Waals surface area contributed by atoms with Gasteiger partial charge in [-0.3, -0.25) is 4.79 Å². The molecule has 0 aliphatic carbocycles. The number of nitrogens with zero attached hydrogens (tertiary/aromatic N) is 4. The van der Waals surface area contributed by atoms with Gasteiger partial charge in [0, 0.05) is 13.1 Å². The molecule has 0 aliphatic rings. The van der Waals surface area contributed by atoms with E-state index in [2.05, 4.69) is 27.2 Å². The molecule has 3 aromatic rings. The molecule has 0 saturated heterocycles. The highest BCUT2D eigenvalue weighted by Crippen LogP contribution is 2.42. The molecule has 2 aromatic heterocycles. The van der Waals surface area contributed by atoms with Crippen LogP contribution < -0.4 is 21.3 Å². The normalized spacial score (nSPS) is 13.8. The summed E-state index contributed by atoms with van der Waals surface area (Å²) in [5, 5.41) is 2.89. The van der Waals surface area contributed by atoms with Gasteiger partial charge in [-0.05, 0) is 30.5 Å². The van der Waals surface area contributed by atoms with E-state index in [9.17, 15) is 14.3 Å². The number of anilines is 1. The molecule has 38 heavy (non-hydrogen) atoms. The third-order valence-corrected chi connectivity index (χ3v) is 6.96. The van der Waals surface area contributed by atoms with Crippen molar-refractivity contribution in [1.82, 2.24) is 24.8 Å². The number of benzene rings is 1. The molecule has 0 aliphatic heterocycles. The number of aromatic nitrogens is 4. The van der Waals surface area contributed by atoms with Crippen molar-refractivity contribution < 1.29 is 23.5 Å². The predicted octanol–water partition coefficient (Wildman–Crippen LogP) is 2.99. The van der Waals surface area contributed by atoms with Gasteiger partial charge in [-0.1, -0.05) is 51.2 Å². The molecule has 2 atom stereocenters. The lowest BCUT2D eigenvalue weighted by molar-refractivity contribution is -0.122. The van der Waals surface area contributed by atoms with E-state index in [1.807, 2.05) is 0 Å². The number of imidazole rings is 1. The monoisotopic (exact) mass is 547 g/mol. The number of unbranched alkanes of at least 4 members (excludes halogenated alkanes) is 5. The highest BCUT2D eigenvalue weighted by atomic mass is 31.2. The molecule has 6 N–H and O–H groups in total. The highest BCUT2D eigenvalue weighted by Gasteiger charge is 2.22. The number of nitrogens with two attached hydrogens (primary N) is 2. The van der Waals surface area contributed by atoms with Gasteiger partial charge in [0.1, 0.15) is 17.6 Å². The maximum absolute atomic E-state index is 12.4. The fraction of sp³-hybridized carbons (Fsp3) is 0.520. The molecule has 12 nitrogen and oxygen atoms in total. The fourth-order valence-corrected chi connectivity index (χ4v) is 4.74. The van der Waals surface area contributed by atoms with Gasteiger partial charge in [0.15, 0.2) is 17.8 Å². The lowest BCUT2D eigenvalue weighted by Crippen LogP contribution is -2.42. The minimum atomic E-state index is -4.04. The van der Waals surface area contributed by atoms with Crippen LogP contribution >= 0.6 is 7.60 Å². The summed E-state index contributed by atoms with van der Waals surface area (Å²) in [6.45, 7) is 3.31. The molecule has 0 bridgehead atoms. The van der Waals surface area contributed by atoms with Crippen LogP contribution in [0.15, 0.2) is 36.9 Å². The third kappa shape index (κ3) is 9.36. The number of amides is 1. The van der Waals surface area contributed by atoms with Crippen LogP contribution in [0.25, 0.3) is 11.2 Å². The van der Waals surface area contributed by atoms with Crippen LogP contribution in [0.4, 0.5) is 5.82 Å². The van der Waals surface area contributed by atoms with Crippen molar-refractivity contribution in [2.75, 3.05) is 25.2 Å². The van der Waals surface area contributed by atoms with Crippen LogP contribution in [0.5, 0.6) is 5.75 Å². The van der Waals surface area contributed by atoms with Crippen molar-refractivity contribution >= 4 is 30.5 Å². The number of nitrogen functional groups attached to an aromatic ring is 1. The summed E-state index contributed by atoms with van der Waals surface area (Å²) >= 11 is 0.